The Morgan fingerprint density at radius 2 is 1.90 bits per heavy atom. The van der Waals surface area contributed by atoms with Crippen molar-refractivity contribution in [1.29, 1.82) is 5.41 Å². The first-order valence-corrected chi connectivity index (χ1v) is 14.1. The van der Waals surface area contributed by atoms with Crippen molar-refractivity contribution in [2.24, 2.45) is 5.73 Å². The van der Waals surface area contributed by atoms with Crippen LogP contribution in [0.25, 0.3) is 6.08 Å². The Bertz CT molecular complexity index is 1160. The van der Waals surface area contributed by atoms with Crippen LogP contribution in [0.1, 0.15) is 36.8 Å². The minimum Gasteiger partial charge on any atom is -0.398 e. The van der Waals surface area contributed by atoms with Crippen LogP contribution in [0.2, 0.25) is 0 Å². The van der Waals surface area contributed by atoms with Gasteiger partial charge in [-0.3, -0.25) is 14.6 Å². The van der Waals surface area contributed by atoms with E-state index in [1.807, 2.05) is 36.5 Å². The van der Waals surface area contributed by atoms with Crippen molar-refractivity contribution in [3.63, 3.8) is 0 Å². The SMILES string of the molecule is C=C(C(=N)/C=C/c1cccc(CN2CCN(CCO)CC2)c1)/C(N)=C\C(C)=C(/C)NC=O.CCc1cccs1. The summed E-state index contributed by atoms with van der Waals surface area (Å²) in [6, 6.07) is 12.5. The van der Waals surface area contributed by atoms with E-state index in [2.05, 4.69) is 58.3 Å². The average molecular weight is 550 g/mol. The lowest BCUT2D eigenvalue weighted by Crippen LogP contribution is -2.46. The summed E-state index contributed by atoms with van der Waals surface area (Å²) in [5.41, 5.74) is 10.9. The quantitative estimate of drug-likeness (QED) is 0.176. The first-order chi connectivity index (χ1) is 18.8. The van der Waals surface area contributed by atoms with Crippen molar-refractivity contribution in [2.45, 2.75) is 33.7 Å². The molecular formula is C31H43N5O2S. The summed E-state index contributed by atoms with van der Waals surface area (Å²) in [4.78, 5) is 16.7. The maximum absolute atomic E-state index is 10.6. The van der Waals surface area contributed by atoms with Gasteiger partial charge in [-0.2, -0.15) is 0 Å². The Balaban J connectivity index is 0.000000658. The fourth-order valence-corrected chi connectivity index (χ4v) is 4.60. The highest BCUT2D eigenvalue weighted by Crippen LogP contribution is 2.14. The second-order valence-corrected chi connectivity index (χ2v) is 10.4. The molecule has 2 heterocycles. The standard InChI is InChI=1S/C25H35N5O2.C6H8S/c1-19(21(3)28-18-32)15-25(27)20(2)24(26)8-7-22-5-4-6-23(16-22)17-30-11-9-29(10-12-30)13-14-31;1-2-6-4-3-5-7-6/h4-8,15-16,18,26,31H,2,9-14,17,27H2,1,3H3,(H,28,32);3-5H,2H2,1H3/b8-7+,21-19+,25-15+,26-24?;. The van der Waals surface area contributed by atoms with Crippen LogP contribution in [0.15, 0.2) is 83.0 Å². The highest BCUT2D eigenvalue weighted by atomic mass is 32.1. The summed E-state index contributed by atoms with van der Waals surface area (Å²) in [6.45, 7) is 15.5. The number of nitrogens with zero attached hydrogens (tertiary/aromatic N) is 2. The third kappa shape index (κ3) is 11.5. The molecule has 39 heavy (non-hydrogen) atoms. The van der Waals surface area contributed by atoms with Crippen LogP contribution < -0.4 is 11.1 Å². The fraction of sp³-hybridized carbons (Fsp3) is 0.355. The highest BCUT2D eigenvalue weighted by molar-refractivity contribution is 7.09. The number of aliphatic hydroxyl groups is 1. The van der Waals surface area contributed by atoms with E-state index < -0.39 is 0 Å². The van der Waals surface area contributed by atoms with Crippen LogP contribution in [0.3, 0.4) is 0 Å². The van der Waals surface area contributed by atoms with Crippen molar-refractivity contribution in [3.05, 3.63) is 99.1 Å². The van der Waals surface area contributed by atoms with Gasteiger partial charge in [0.25, 0.3) is 0 Å². The van der Waals surface area contributed by atoms with Gasteiger partial charge in [0.15, 0.2) is 0 Å². The first-order valence-electron chi connectivity index (χ1n) is 13.2. The van der Waals surface area contributed by atoms with E-state index >= 15 is 0 Å². The molecule has 7 nitrogen and oxygen atoms in total. The number of rotatable bonds is 12. The van der Waals surface area contributed by atoms with Gasteiger partial charge in [-0.1, -0.05) is 49.9 Å². The zero-order chi connectivity index (χ0) is 28.6. The van der Waals surface area contributed by atoms with Crippen LogP contribution in [0, 0.1) is 5.41 Å². The topological polar surface area (TPSA) is 106 Å². The van der Waals surface area contributed by atoms with E-state index in [0.29, 0.717) is 23.4 Å². The molecular weight excluding hydrogens is 506 g/mol. The number of piperazine rings is 1. The molecule has 8 heteroatoms. The molecule has 1 aromatic carbocycles. The lowest BCUT2D eigenvalue weighted by molar-refractivity contribution is -0.108. The van der Waals surface area contributed by atoms with E-state index in [0.717, 1.165) is 50.4 Å². The summed E-state index contributed by atoms with van der Waals surface area (Å²) in [5, 5.41) is 22.1. The molecule has 1 aliphatic heterocycles. The van der Waals surface area contributed by atoms with Gasteiger partial charge in [0.2, 0.25) is 6.41 Å². The summed E-state index contributed by atoms with van der Waals surface area (Å²) in [6.07, 6.45) is 7.10. The number of aryl methyl sites for hydroxylation is 1. The van der Waals surface area contributed by atoms with Crippen molar-refractivity contribution < 1.29 is 9.90 Å². The summed E-state index contributed by atoms with van der Waals surface area (Å²) in [5.74, 6) is 0. The maximum atomic E-state index is 10.6. The second kappa shape index (κ2) is 17.3. The lowest BCUT2D eigenvalue weighted by atomic mass is 10.0. The predicted octanol–water partition coefficient (Wildman–Crippen LogP) is 4.58. The molecule has 210 valence electrons. The molecule has 0 atom stereocenters. The Hall–Kier alpha value is -3.30. The molecule has 5 N–H and O–H groups in total. The minimum atomic E-state index is 0.213. The monoisotopic (exact) mass is 549 g/mol. The Labute approximate surface area is 237 Å². The maximum Gasteiger partial charge on any atom is 0.211 e. The molecule has 1 fully saturated rings. The Morgan fingerprint density at radius 3 is 2.49 bits per heavy atom. The number of hydrogen-bond donors (Lipinski definition) is 4. The second-order valence-electron chi connectivity index (χ2n) is 9.41. The average Bonchev–Trinajstić information content (AvgIpc) is 3.47. The number of allylic oxidation sites excluding steroid dienone is 5. The lowest BCUT2D eigenvalue weighted by Gasteiger charge is -2.34. The molecule has 0 aliphatic carbocycles. The molecule has 0 bridgehead atoms. The van der Waals surface area contributed by atoms with Gasteiger partial charge in [-0.05, 0) is 60.6 Å². The normalized spacial score (nSPS) is 15.3. The molecule has 1 aliphatic rings. The van der Waals surface area contributed by atoms with Gasteiger partial charge >= 0.3 is 0 Å². The first kappa shape index (κ1) is 31.9. The van der Waals surface area contributed by atoms with E-state index in [1.165, 1.54) is 16.9 Å². The van der Waals surface area contributed by atoms with Crippen LogP contribution in [-0.2, 0) is 17.8 Å². The number of β-amino-alcohol motifs (C(OH)–C–C–N with tert-alkyl or cyclic N) is 1. The van der Waals surface area contributed by atoms with Crippen LogP contribution >= 0.6 is 11.3 Å². The van der Waals surface area contributed by atoms with Gasteiger partial charge in [0.05, 0.1) is 12.3 Å². The molecule has 0 radical (unpaired) electrons. The highest BCUT2D eigenvalue weighted by Gasteiger charge is 2.16. The minimum absolute atomic E-state index is 0.213. The zero-order valence-corrected chi connectivity index (χ0v) is 24.3. The molecule has 0 saturated carbocycles. The molecule has 2 aromatic rings. The van der Waals surface area contributed by atoms with Crippen LogP contribution in [0.4, 0.5) is 0 Å². The number of aliphatic hydroxyl groups excluding tert-OH is 1. The van der Waals surface area contributed by atoms with Gasteiger partial charge in [0, 0.05) is 61.1 Å². The summed E-state index contributed by atoms with van der Waals surface area (Å²) in [7, 11) is 0. The number of hydrogen-bond acceptors (Lipinski definition) is 7. The smallest absolute Gasteiger partial charge is 0.211 e. The fourth-order valence-electron chi connectivity index (χ4n) is 3.95. The molecule has 1 saturated heterocycles. The number of benzene rings is 1. The number of carbonyl (C=O) groups is 1. The molecule has 0 spiro atoms. The molecule has 3 rings (SSSR count). The molecule has 0 unspecified atom stereocenters. The van der Waals surface area contributed by atoms with Gasteiger partial charge < -0.3 is 21.6 Å². The predicted molar refractivity (Wildman–Crippen MR) is 165 cm³/mol. The van der Waals surface area contributed by atoms with Crippen molar-refractivity contribution in [2.75, 3.05) is 39.3 Å². The van der Waals surface area contributed by atoms with E-state index in [9.17, 15) is 4.79 Å². The van der Waals surface area contributed by atoms with E-state index in [1.54, 1.807) is 19.1 Å². The summed E-state index contributed by atoms with van der Waals surface area (Å²) >= 11 is 1.82. The largest absolute Gasteiger partial charge is 0.398 e. The van der Waals surface area contributed by atoms with Gasteiger partial charge in [-0.25, -0.2) is 0 Å². The van der Waals surface area contributed by atoms with Crippen molar-refractivity contribution >= 4 is 29.5 Å². The van der Waals surface area contributed by atoms with Crippen LogP contribution in [0.5, 0.6) is 0 Å². The van der Waals surface area contributed by atoms with Crippen molar-refractivity contribution in [3.8, 4) is 0 Å². The van der Waals surface area contributed by atoms with Crippen LogP contribution in [-0.4, -0.2) is 66.4 Å². The third-order valence-electron chi connectivity index (χ3n) is 6.52. The van der Waals surface area contributed by atoms with E-state index in [4.69, 9.17) is 16.2 Å². The number of amides is 1. The number of nitrogens with one attached hydrogen (secondary N) is 2. The van der Waals surface area contributed by atoms with Gasteiger partial charge in [0.1, 0.15) is 0 Å². The number of thiophene rings is 1. The van der Waals surface area contributed by atoms with Gasteiger partial charge in [-0.15, -0.1) is 11.3 Å². The number of nitrogens with two attached hydrogens (primary N) is 1. The van der Waals surface area contributed by atoms with Crippen molar-refractivity contribution in [1.82, 2.24) is 15.1 Å². The summed E-state index contributed by atoms with van der Waals surface area (Å²) < 4.78 is 0. The third-order valence-corrected chi connectivity index (χ3v) is 7.54. The van der Waals surface area contributed by atoms with E-state index in [-0.39, 0.29) is 12.3 Å². The Morgan fingerprint density at radius 1 is 1.18 bits per heavy atom. The Kier molecular flexibility index (Phi) is 14.2. The number of carbonyl (C=O) groups excluding carboxylic acids is 1. The zero-order valence-electron chi connectivity index (χ0n) is 23.5. The molecule has 1 amide bonds. The molecule has 1 aromatic heterocycles.